The Morgan fingerprint density at radius 1 is 1.27 bits per heavy atom. The number of carbonyl (C=O) groups is 2. The zero-order valence-electron chi connectivity index (χ0n) is 14.9. The van der Waals surface area contributed by atoms with Crippen LogP contribution in [0, 0.1) is 0 Å². The van der Waals surface area contributed by atoms with Gasteiger partial charge in [-0.25, -0.2) is 15.4 Å². The molecule has 2 N–H and O–H groups in total. The number of nitrogens with one attached hydrogen (secondary N) is 2. The van der Waals surface area contributed by atoms with Gasteiger partial charge in [-0.2, -0.15) is 0 Å². The first-order valence-corrected chi connectivity index (χ1v) is 8.41. The van der Waals surface area contributed by atoms with E-state index in [0.717, 1.165) is 11.1 Å². The zero-order chi connectivity index (χ0) is 18.6. The van der Waals surface area contributed by atoms with Gasteiger partial charge in [0, 0.05) is 19.7 Å². The monoisotopic (exact) mass is 354 g/mol. The van der Waals surface area contributed by atoms with E-state index in [1.54, 1.807) is 19.2 Å². The van der Waals surface area contributed by atoms with Crippen molar-refractivity contribution in [2.75, 3.05) is 11.6 Å². The minimum absolute atomic E-state index is 0.248. The summed E-state index contributed by atoms with van der Waals surface area (Å²) >= 11 is 0. The van der Waals surface area contributed by atoms with Gasteiger partial charge in [-0.05, 0) is 30.2 Å². The standard InChI is InChI=1S/C19H22N4O3/c1-14(24)22-19(2)13-21-23(18(19)25)17-10-16(8-9-20-17)12-26-11-15-6-4-3-5-7-15/h3-10,21H,11-13H2,1-2H3,(H,22,24). The summed E-state index contributed by atoms with van der Waals surface area (Å²) in [5.41, 5.74) is 4.03. The average Bonchev–Trinajstić information content (AvgIpc) is 2.90. The number of hydrogen-bond donors (Lipinski definition) is 2. The van der Waals surface area contributed by atoms with Crippen LogP contribution >= 0.6 is 0 Å². The fourth-order valence-electron chi connectivity index (χ4n) is 2.84. The maximum absolute atomic E-state index is 12.7. The molecule has 2 heterocycles. The number of rotatable bonds is 6. The third kappa shape index (κ3) is 4.07. The summed E-state index contributed by atoms with van der Waals surface area (Å²) < 4.78 is 5.74. The minimum Gasteiger partial charge on any atom is -0.372 e. The number of anilines is 1. The van der Waals surface area contributed by atoms with Crippen LogP contribution in [0.2, 0.25) is 0 Å². The number of hydrogen-bond acceptors (Lipinski definition) is 5. The molecule has 0 aliphatic carbocycles. The molecule has 1 aromatic heterocycles. The number of ether oxygens (including phenoxy) is 1. The second-order valence-corrected chi connectivity index (χ2v) is 6.49. The Kier molecular flexibility index (Phi) is 5.29. The largest absolute Gasteiger partial charge is 0.372 e. The number of pyridine rings is 1. The molecule has 7 nitrogen and oxygen atoms in total. The van der Waals surface area contributed by atoms with Gasteiger partial charge in [0.1, 0.15) is 11.4 Å². The van der Waals surface area contributed by atoms with Crippen molar-refractivity contribution in [3.05, 3.63) is 59.8 Å². The van der Waals surface area contributed by atoms with E-state index in [2.05, 4.69) is 15.7 Å². The highest BCUT2D eigenvalue weighted by atomic mass is 16.5. The van der Waals surface area contributed by atoms with Crippen molar-refractivity contribution in [2.45, 2.75) is 32.6 Å². The molecule has 1 aromatic carbocycles. The molecule has 26 heavy (non-hydrogen) atoms. The van der Waals surface area contributed by atoms with E-state index in [9.17, 15) is 9.59 Å². The van der Waals surface area contributed by atoms with E-state index >= 15 is 0 Å². The SMILES string of the molecule is CC(=O)NC1(C)CNN(c2cc(COCc3ccccc3)ccn2)C1=O. The van der Waals surface area contributed by atoms with Crippen LogP contribution in [0.3, 0.4) is 0 Å². The van der Waals surface area contributed by atoms with Crippen molar-refractivity contribution in [3.8, 4) is 0 Å². The van der Waals surface area contributed by atoms with Crippen molar-refractivity contribution in [3.63, 3.8) is 0 Å². The van der Waals surface area contributed by atoms with Crippen LogP contribution in [0.5, 0.6) is 0 Å². The molecule has 1 unspecified atom stereocenters. The molecule has 0 radical (unpaired) electrons. The summed E-state index contributed by atoms with van der Waals surface area (Å²) in [6, 6.07) is 13.6. The summed E-state index contributed by atoms with van der Waals surface area (Å²) in [7, 11) is 0. The molecule has 1 aliphatic heterocycles. The Labute approximate surface area is 152 Å². The molecular formula is C19H22N4O3. The van der Waals surface area contributed by atoms with E-state index in [4.69, 9.17) is 4.74 Å². The molecule has 0 spiro atoms. The van der Waals surface area contributed by atoms with Crippen LogP contribution in [0.1, 0.15) is 25.0 Å². The molecule has 136 valence electrons. The first kappa shape index (κ1) is 18.0. The van der Waals surface area contributed by atoms with Gasteiger partial charge in [-0.1, -0.05) is 30.3 Å². The highest BCUT2D eigenvalue weighted by Crippen LogP contribution is 2.21. The van der Waals surface area contributed by atoms with Gasteiger partial charge in [-0.15, -0.1) is 0 Å². The molecule has 2 amide bonds. The van der Waals surface area contributed by atoms with E-state index < -0.39 is 5.54 Å². The van der Waals surface area contributed by atoms with Crippen LogP contribution in [0.25, 0.3) is 0 Å². The Morgan fingerprint density at radius 3 is 2.73 bits per heavy atom. The topological polar surface area (TPSA) is 83.6 Å². The predicted octanol–water partition coefficient (Wildman–Crippen LogP) is 1.54. The highest BCUT2D eigenvalue weighted by Gasteiger charge is 2.44. The second-order valence-electron chi connectivity index (χ2n) is 6.49. The molecule has 3 rings (SSSR count). The average molecular weight is 354 g/mol. The third-order valence-electron chi connectivity index (χ3n) is 4.14. The Balaban J connectivity index is 1.64. The summed E-state index contributed by atoms with van der Waals surface area (Å²) in [5, 5.41) is 4.06. The lowest BCUT2D eigenvalue weighted by Gasteiger charge is -2.22. The maximum atomic E-state index is 12.7. The number of hydrazine groups is 1. The first-order valence-electron chi connectivity index (χ1n) is 8.41. The highest BCUT2D eigenvalue weighted by molar-refractivity contribution is 6.03. The van der Waals surface area contributed by atoms with Crippen LogP contribution < -0.4 is 15.8 Å². The van der Waals surface area contributed by atoms with Crippen LogP contribution in [0.4, 0.5) is 5.82 Å². The minimum atomic E-state index is -0.979. The smallest absolute Gasteiger partial charge is 0.269 e. The van der Waals surface area contributed by atoms with E-state index in [1.807, 2.05) is 36.4 Å². The van der Waals surface area contributed by atoms with Gasteiger partial charge in [0.2, 0.25) is 5.91 Å². The number of nitrogens with zero attached hydrogens (tertiary/aromatic N) is 2. The molecular weight excluding hydrogens is 332 g/mol. The Morgan fingerprint density at radius 2 is 2.00 bits per heavy atom. The summed E-state index contributed by atoms with van der Waals surface area (Å²) in [6.45, 7) is 4.32. The molecule has 0 bridgehead atoms. The van der Waals surface area contributed by atoms with Gasteiger partial charge in [-0.3, -0.25) is 9.59 Å². The van der Waals surface area contributed by atoms with Crippen LogP contribution in [0.15, 0.2) is 48.7 Å². The predicted molar refractivity (Wildman–Crippen MR) is 96.9 cm³/mol. The normalized spacial score (nSPS) is 19.6. The van der Waals surface area contributed by atoms with Gasteiger partial charge in [0.15, 0.2) is 0 Å². The quantitative estimate of drug-likeness (QED) is 0.822. The van der Waals surface area contributed by atoms with Gasteiger partial charge in [0.05, 0.1) is 13.2 Å². The number of benzene rings is 1. The molecule has 2 aromatic rings. The van der Waals surface area contributed by atoms with Gasteiger partial charge < -0.3 is 10.1 Å². The molecule has 1 fully saturated rings. The summed E-state index contributed by atoms with van der Waals surface area (Å²) in [5.74, 6) is -0.0204. The second kappa shape index (κ2) is 7.63. The number of aromatic nitrogens is 1. The van der Waals surface area contributed by atoms with Crippen molar-refractivity contribution >= 4 is 17.6 Å². The van der Waals surface area contributed by atoms with Crippen molar-refractivity contribution in [1.82, 2.24) is 15.7 Å². The van der Waals surface area contributed by atoms with Gasteiger partial charge in [0.25, 0.3) is 5.91 Å². The zero-order valence-corrected chi connectivity index (χ0v) is 14.9. The molecule has 1 aliphatic rings. The fourth-order valence-corrected chi connectivity index (χ4v) is 2.84. The number of carbonyl (C=O) groups excluding carboxylic acids is 2. The summed E-state index contributed by atoms with van der Waals surface area (Å²) in [4.78, 5) is 28.2. The molecule has 0 saturated carbocycles. The van der Waals surface area contributed by atoms with Crippen molar-refractivity contribution in [1.29, 1.82) is 0 Å². The van der Waals surface area contributed by atoms with E-state index in [-0.39, 0.29) is 11.8 Å². The molecule has 7 heteroatoms. The van der Waals surface area contributed by atoms with Gasteiger partial charge >= 0.3 is 0 Å². The Bertz CT molecular complexity index is 796. The Hall–Kier alpha value is -2.77. The third-order valence-corrected chi connectivity index (χ3v) is 4.14. The lowest BCUT2D eigenvalue weighted by Crippen LogP contribution is -2.53. The fraction of sp³-hybridized carbons (Fsp3) is 0.316. The maximum Gasteiger partial charge on any atom is 0.269 e. The molecule has 1 atom stereocenters. The van der Waals surface area contributed by atoms with Crippen molar-refractivity contribution in [2.24, 2.45) is 0 Å². The summed E-state index contributed by atoms with van der Waals surface area (Å²) in [6.07, 6.45) is 1.64. The van der Waals surface area contributed by atoms with E-state index in [1.165, 1.54) is 11.9 Å². The van der Waals surface area contributed by atoms with Crippen LogP contribution in [-0.2, 0) is 27.5 Å². The molecule has 1 saturated heterocycles. The number of amides is 2. The lowest BCUT2D eigenvalue weighted by molar-refractivity contribution is -0.128. The van der Waals surface area contributed by atoms with Crippen LogP contribution in [-0.4, -0.2) is 28.9 Å². The lowest BCUT2D eigenvalue weighted by atomic mass is 10.0. The van der Waals surface area contributed by atoms with Crippen molar-refractivity contribution < 1.29 is 14.3 Å². The first-order chi connectivity index (χ1) is 12.5. The van der Waals surface area contributed by atoms with E-state index in [0.29, 0.717) is 25.6 Å².